The van der Waals surface area contributed by atoms with Gasteiger partial charge in [0.05, 0.1) is 6.54 Å². The van der Waals surface area contributed by atoms with Crippen LogP contribution in [0.5, 0.6) is 0 Å². The van der Waals surface area contributed by atoms with Crippen molar-refractivity contribution in [3.63, 3.8) is 0 Å². The van der Waals surface area contributed by atoms with Crippen LogP contribution in [0.2, 0.25) is 0 Å². The highest BCUT2D eigenvalue weighted by Gasteiger charge is 2.23. The van der Waals surface area contributed by atoms with Crippen LogP contribution in [0.3, 0.4) is 0 Å². The van der Waals surface area contributed by atoms with E-state index < -0.39 is 28.7 Å². The van der Waals surface area contributed by atoms with Crippen LogP contribution in [0.25, 0.3) is 5.69 Å². The monoisotopic (exact) mass is 396 g/mol. The summed E-state index contributed by atoms with van der Waals surface area (Å²) in [5.41, 5.74) is -0.485. The highest BCUT2D eigenvalue weighted by atomic mass is 19.1. The van der Waals surface area contributed by atoms with Gasteiger partial charge in [-0.2, -0.15) is 9.78 Å². The van der Waals surface area contributed by atoms with Crippen molar-refractivity contribution in [2.75, 3.05) is 13.6 Å². The molecule has 29 heavy (non-hydrogen) atoms. The molecule has 1 aromatic heterocycles. The number of carbonyl (C=O) groups is 1. The van der Waals surface area contributed by atoms with Crippen LogP contribution in [0, 0.1) is 12.7 Å². The predicted molar refractivity (Wildman–Crippen MR) is 107 cm³/mol. The minimum absolute atomic E-state index is 0.0644. The van der Waals surface area contributed by atoms with Crippen molar-refractivity contribution in [2.45, 2.75) is 20.4 Å². The summed E-state index contributed by atoms with van der Waals surface area (Å²) in [6, 6.07) is 12.8. The fraction of sp³-hybridized carbons (Fsp3) is 0.238. The first-order valence-corrected chi connectivity index (χ1v) is 9.13. The lowest BCUT2D eigenvalue weighted by atomic mass is 10.1. The number of halogens is 1. The van der Waals surface area contributed by atoms with Crippen LogP contribution in [0.15, 0.2) is 58.1 Å². The van der Waals surface area contributed by atoms with E-state index in [1.54, 1.807) is 25.1 Å². The maximum Gasteiger partial charge on any atom is 0.352 e. The number of amides is 1. The van der Waals surface area contributed by atoms with Gasteiger partial charge in [-0.05, 0) is 31.5 Å². The van der Waals surface area contributed by atoms with Gasteiger partial charge in [-0.15, -0.1) is 0 Å². The van der Waals surface area contributed by atoms with Gasteiger partial charge in [-0.3, -0.25) is 14.2 Å². The Labute approximate surface area is 166 Å². The first-order chi connectivity index (χ1) is 13.8. The summed E-state index contributed by atoms with van der Waals surface area (Å²) in [7, 11) is 1.52. The van der Waals surface area contributed by atoms with Crippen LogP contribution in [-0.4, -0.2) is 38.7 Å². The minimum atomic E-state index is -0.823. The molecule has 0 saturated heterocycles. The summed E-state index contributed by atoms with van der Waals surface area (Å²) in [5.74, 6) is -1.33. The molecule has 0 N–H and O–H groups in total. The fourth-order valence-corrected chi connectivity index (χ4v) is 2.77. The van der Waals surface area contributed by atoms with E-state index in [0.29, 0.717) is 12.1 Å². The molecule has 0 saturated carbocycles. The Morgan fingerprint density at radius 3 is 2.38 bits per heavy atom. The number of aromatic nitrogens is 3. The van der Waals surface area contributed by atoms with Crippen molar-refractivity contribution in [2.24, 2.45) is 0 Å². The van der Waals surface area contributed by atoms with Crippen molar-refractivity contribution in [3.8, 4) is 5.69 Å². The van der Waals surface area contributed by atoms with E-state index >= 15 is 0 Å². The first-order valence-electron chi connectivity index (χ1n) is 9.13. The van der Waals surface area contributed by atoms with Gasteiger partial charge >= 0.3 is 5.69 Å². The van der Waals surface area contributed by atoms with Crippen molar-refractivity contribution >= 4 is 5.91 Å². The topological polar surface area (TPSA) is 77.2 Å². The van der Waals surface area contributed by atoms with Gasteiger partial charge < -0.3 is 4.90 Å². The zero-order valence-corrected chi connectivity index (χ0v) is 16.4. The molecule has 3 aromatic rings. The maximum atomic E-state index is 14.3. The van der Waals surface area contributed by atoms with Gasteiger partial charge in [0, 0.05) is 13.6 Å². The van der Waals surface area contributed by atoms with Gasteiger partial charge in [0.2, 0.25) is 5.69 Å². The lowest BCUT2D eigenvalue weighted by Crippen LogP contribution is -2.46. The molecule has 1 heterocycles. The van der Waals surface area contributed by atoms with Gasteiger partial charge in [0.25, 0.3) is 11.5 Å². The smallest absolute Gasteiger partial charge is 0.340 e. The number of aryl methyl sites for hydroxylation is 1. The quantitative estimate of drug-likeness (QED) is 0.661. The third-order valence-corrected chi connectivity index (χ3v) is 4.63. The molecule has 0 aliphatic rings. The van der Waals surface area contributed by atoms with Crippen LogP contribution in [0.1, 0.15) is 28.5 Å². The van der Waals surface area contributed by atoms with E-state index in [-0.39, 0.29) is 12.2 Å². The molecule has 0 fully saturated rings. The van der Waals surface area contributed by atoms with Crippen molar-refractivity contribution < 1.29 is 9.18 Å². The van der Waals surface area contributed by atoms with Crippen LogP contribution >= 0.6 is 0 Å². The van der Waals surface area contributed by atoms with Crippen LogP contribution in [0.4, 0.5) is 4.39 Å². The first kappa shape index (κ1) is 20.2. The van der Waals surface area contributed by atoms with E-state index in [4.69, 9.17) is 0 Å². The molecule has 0 atom stereocenters. The summed E-state index contributed by atoms with van der Waals surface area (Å²) in [4.78, 5) is 39.9. The van der Waals surface area contributed by atoms with E-state index in [2.05, 4.69) is 5.10 Å². The second kappa shape index (κ2) is 8.22. The Kier molecular flexibility index (Phi) is 5.72. The van der Waals surface area contributed by atoms with E-state index in [0.717, 1.165) is 14.8 Å². The summed E-state index contributed by atoms with van der Waals surface area (Å²) >= 11 is 0. The second-order valence-corrected chi connectivity index (χ2v) is 6.69. The lowest BCUT2D eigenvalue weighted by molar-refractivity contribution is 0.0791. The number of carbonyl (C=O) groups excluding carboxylic acids is 1. The Bertz CT molecular complexity index is 1170. The molecule has 0 radical (unpaired) electrons. The number of rotatable bonds is 5. The summed E-state index contributed by atoms with van der Waals surface area (Å²) < 4.78 is 16.0. The van der Waals surface area contributed by atoms with E-state index in [1.807, 2.05) is 19.1 Å². The molecule has 7 nitrogen and oxygen atoms in total. The van der Waals surface area contributed by atoms with Crippen molar-refractivity contribution in [1.82, 2.24) is 19.2 Å². The fourth-order valence-electron chi connectivity index (χ4n) is 2.77. The average Bonchev–Trinajstić information content (AvgIpc) is 2.72. The highest BCUT2D eigenvalue weighted by Crippen LogP contribution is 2.10. The summed E-state index contributed by atoms with van der Waals surface area (Å²) in [6.45, 7) is 3.95. The predicted octanol–water partition coefficient (Wildman–Crippen LogP) is 1.98. The number of hydrogen-bond donors (Lipinski definition) is 0. The molecular weight excluding hydrogens is 375 g/mol. The summed E-state index contributed by atoms with van der Waals surface area (Å²) in [6.07, 6.45) is 0. The Balaban J connectivity index is 2.26. The molecule has 0 aliphatic heterocycles. The number of para-hydroxylation sites is 1. The lowest BCUT2D eigenvalue weighted by Gasteiger charge is -2.16. The zero-order chi connectivity index (χ0) is 21.1. The Morgan fingerprint density at radius 1 is 1.10 bits per heavy atom. The molecule has 2 aromatic carbocycles. The second-order valence-electron chi connectivity index (χ2n) is 6.69. The van der Waals surface area contributed by atoms with Crippen molar-refractivity contribution in [3.05, 3.63) is 92.0 Å². The average molecular weight is 396 g/mol. The van der Waals surface area contributed by atoms with Gasteiger partial charge in [-0.25, -0.2) is 9.18 Å². The molecule has 0 aliphatic carbocycles. The van der Waals surface area contributed by atoms with E-state index in [9.17, 15) is 18.8 Å². The van der Waals surface area contributed by atoms with Gasteiger partial charge in [0.1, 0.15) is 11.5 Å². The zero-order valence-electron chi connectivity index (χ0n) is 16.4. The molecular formula is C21H21FN4O3. The summed E-state index contributed by atoms with van der Waals surface area (Å²) in [5, 5.41) is 3.93. The largest absolute Gasteiger partial charge is 0.352 e. The Hall–Kier alpha value is -3.55. The minimum Gasteiger partial charge on any atom is -0.340 e. The van der Waals surface area contributed by atoms with Gasteiger partial charge in [0.15, 0.2) is 0 Å². The number of nitrogens with zero attached hydrogens (tertiary/aromatic N) is 4. The van der Waals surface area contributed by atoms with Crippen molar-refractivity contribution in [1.29, 1.82) is 0 Å². The number of hydrogen-bond acceptors (Lipinski definition) is 4. The molecule has 3 rings (SSSR count). The van der Waals surface area contributed by atoms with Gasteiger partial charge in [-0.1, -0.05) is 42.0 Å². The molecule has 1 amide bonds. The van der Waals surface area contributed by atoms with E-state index in [1.165, 1.54) is 30.1 Å². The molecule has 0 spiro atoms. The van der Waals surface area contributed by atoms with Crippen LogP contribution < -0.4 is 11.2 Å². The maximum absolute atomic E-state index is 14.3. The highest BCUT2D eigenvalue weighted by molar-refractivity contribution is 5.91. The normalized spacial score (nSPS) is 10.8. The molecule has 0 unspecified atom stereocenters. The molecule has 8 heteroatoms. The molecule has 0 bridgehead atoms. The number of benzene rings is 2. The third kappa shape index (κ3) is 4.01. The SMILES string of the molecule is CCN(C)C(=O)c1nn(-c2ccccc2F)c(=O)n(Cc2ccc(C)cc2)c1=O. The third-order valence-electron chi connectivity index (χ3n) is 4.63. The Morgan fingerprint density at radius 2 is 1.76 bits per heavy atom. The standard InChI is InChI=1S/C21H21FN4O3/c1-4-24(3)19(27)18-20(28)25(13-15-11-9-14(2)10-12-15)21(29)26(23-18)17-8-6-5-7-16(17)22/h5-12H,4,13H2,1-3H3. The van der Waals surface area contributed by atoms with Crippen LogP contribution in [-0.2, 0) is 6.54 Å². The molecule has 150 valence electrons.